The Balaban J connectivity index is 1.89. The number of nitrogens with one attached hydrogen (secondary N) is 2. The van der Waals surface area contributed by atoms with Crippen molar-refractivity contribution >= 4 is 6.03 Å². The first kappa shape index (κ1) is 14.3. The fourth-order valence-corrected chi connectivity index (χ4v) is 1.96. The Hall–Kier alpha value is -0.770. The molecule has 100 valence electrons. The van der Waals surface area contributed by atoms with Gasteiger partial charge in [0.2, 0.25) is 0 Å². The molecule has 0 aliphatic heterocycles. The summed E-state index contributed by atoms with van der Waals surface area (Å²) < 4.78 is 5.42. The van der Waals surface area contributed by atoms with Crippen LogP contribution in [-0.2, 0) is 4.74 Å². The molecule has 1 fully saturated rings. The minimum atomic E-state index is -0.0515. The lowest BCUT2D eigenvalue weighted by Gasteiger charge is -2.13. The highest BCUT2D eigenvalue weighted by Gasteiger charge is 2.16. The standard InChI is InChI=1S/C13H26N2O2/c1-11(2)7-9-17-10-8-14-13(16)15-12-5-3-4-6-12/h11-12H,3-10H2,1-2H3,(H2,14,15,16). The van der Waals surface area contributed by atoms with E-state index in [-0.39, 0.29) is 6.03 Å². The van der Waals surface area contributed by atoms with Gasteiger partial charge in [-0.3, -0.25) is 0 Å². The van der Waals surface area contributed by atoms with Gasteiger partial charge in [0.1, 0.15) is 0 Å². The quantitative estimate of drug-likeness (QED) is 0.673. The third-order valence-electron chi connectivity index (χ3n) is 3.06. The summed E-state index contributed by atoms with van der Waals surface area (Å²) in [6.45, 7) is 6.33. The molecule has 4 nitrogen and oxygen atoms in total. The predicted octanol–water partition coefficient (Wildman–Crippen LogP) is 2.29. The Bertz CT molecular complexity index is 213. The van der Waals surface area contributed by atoms with Crippen molar-refractivity contribution < 1.29 is 9.53 Å². The number of rotatable bonds is 7. The molecule has 2 N–H and O–H groups in total. The van der Waals surface area contributed by atoms with Crippen molar-refractivity contribution in [3.8, 4) is 0 Å². The van der Waals surface area contributed by atoms with Gasteiger partial charge in [-0.2, -0.15) is 0 Å². The lowest BCUT2D eigenvalue weighted by Crippen LogP contribution is -2.42. The Morgan fingerprint density at radius 1 is 1.29 bits per heavy atom. The normalized spacial score (nSPS) is 16.4. The summed E-state index contributed by atoms with van der Waals surface area (Å²) >= 11 is 0. The number of hydrogen-bond acceptors (Lipinski definition) is 2. The largest absolute Gasteiger partial charge is 0.380 e. The van der Waals surface area contributed by atoms with E-state index in [1.54, 1.807) is 0 Å². The SMILES string of the molecule is CC(C)CCOCCNC(=O)NC1CCCC1. The average Bonchev–Trinajstić information content (AvgIpc) is 2.75. The lowest BCUT2D eigenvalue weighted by molar-refractivity contribution is 0.126. The van der Waals surface area contributed by atoms with Crippen LogP contribution in [-0.4, -0.2) is 31.8 Å². The maximum atomic E-state index is 11.5. The van der Waals surface area contributed by atoms with Crippen LogP contribution in [0.2, 0.25) is 0 Å². The van der Waals surface area contributed by atoms with Gasteiger partial charge in [-0.1, -0.05) is 26.7 Å². The summed E-state index contributed by atoms with van der Waals surface area (Å²) in [5.74, 6) is 0.675. The Morgan fingerprint density at radius 3 is 2.65 bits per heavy atom. The van der Waals surface area contributed by atoms with Crippen molar-refractivity contribution in [3.05, 3.63) is 0 Å². The third kappa shape index (κ3) is 7.21. The van der Waals surface area contributed by atoms with Gasteiger partial charge in [-0.05, 0) is 25.2 Å². The number of hydrogen-bond donors (Lipinski definition) is 2. The lowest BCUT2D eigenvalue weighted by atomic mass is 10.1. The molecule has 0 bridgehead atoms. The first-order valence-corrected chi connectivity index (χ1v) is 6.80. The van der Waals surface area contributed by atoms with Crippen LogP contribution in [0.1, 0.15) is 46.0 Å². The van der Waals surface area contributed by atoms with Crippen LogP contribution in [0.4, 0.5) is 4.79 Å². The zero-order valence-corrected chi connectivity index (χ0v) is 11.1. The van der Waals surface area contributed by atoms with E-state index < -0.39 is 0 Å². The number of urea groups is 1. The van der Waals surface area contributed by atoms with Gasteiger partial charge in [0.15, 0.2) is 0 Å². The molecule has 1 rings (SSSR count). The summed E-state index contributed by atoms with van der Waals surface area (Å²) in [6.07, 6.45) is 5.80. The molecule has 0 radical (unpaired) electrons. The van der Waals surface area contributed by atoms with Gasteiger partial charge in [-0.25, -0.2) is 4.79 Å². The van der Waals surface area contributed by atoms with E-state index in [0.29, 0.717) is 25.1 Å². The second-order valence-electron chi connectivity index (χ2n) is 5.18. The summed E-state index contributed by atoms with van der Waals surface area (Å²) in [5, 5.41) is 5.81. The van der Waals surface area contributed by atoms with Crippen LogP contribution >= 0.6 is 0 Å². The molecule has 0 saturated heterocycles. The van der Waals surface area contributed by atoms with Crippen LogP contribution < -0.4 is 10.6 Å². The van der Waals surface area contributed by atoms with Gasteiger partial charge in [0.05, 0.1) is 6.61 Å². The molecule has 1 saturated carbocycles. The Kier molecular flexibility index (Phi) is 7.01. The van der Waals surface area contributed by atoms with Crippen molar-refractivity contribution in [1.82, 2.24) is 10.6 Å². The number of ether oxygens (including phenoxy) is 1. The molecular weight excluding hydrogens is 216 g/mol. The van der Waals surface area contributed by atoms with Gasteiger partial charge in [0, 0.05) is 19.2 Å². The monoisotopic (exact) mass is 242 g/mol. The van der Waals surface area contributed by atoms with Crippen molar-refractivity contribution in [2.75, 3.05) is 19.8 Å². The average molecular weight is 242 g/mol. The molecule has 0 heterocycles. The molecule has 0 aromatic carbocycles. The zero-order valence-electron chi connectivity index (χ0n) is 11.1. The van der Waals surface area contributed by atoms with E-state index in [1.165, 1.54) is 12.8 Å². The van der Waals surface area contributed by atoms with Crippen molar-refractivity contribution in [2.24, 2.45) is 5.92 Å². The van der Waals surface area contributed by atoms with Gasteiger partial charge >= 0.3 is 6.03 Å². The molecular formula is C13H26N2O2. The summed E-state index contributed by atoms with van der Waals surface area (Å²) in [6, 6.07) is 0.334. The van der Waals surface area contributed by atoms with Crippen LogP contribution in [0.15, 0.2) is 0 Å². The van der Waals surface area contributed by atoms with E-state index in [9.17, 15) is 4.79 Å². The maximum absolute atomic E-state index is 11.5. The number of carbonyl (C=O) groups excluding carboxylic acids is 1. The van der Waals surface area contributed by atoms with E-state index in [0.717, 1.165) is 25.9 Å². The summed E-state index contributed by atoms with van der Waals surface area (Å²) in [4.78, 5) is 11.5. The molecule has 1 aliphatic rings. The zero-order chi connectivity index (χ0) is 12.5. The van der Waals surface area contributed by atoms with Crippen molar-refractivity contribution in [1.29, 1.82) is 0 Å². The van der Waals surface area contributed by atoms with Crippen molar-refractivity contribution in [2.45, 2.75) is 52.0 Å². The van der Waals surface area contributed by atoms with E-state index in [1.807, 2.05) is 0 Å². The molecule has 1 aliphatic carbocycles. The van der Waals surface area contributed by atoms with E-state index in [4.69, 9.17) is 4.74 Å². The van der Waals surface area contributed by atoms with Crippen LogP contribution in [0.5, 0.6) is 0 Å². The van der Waals surface area contributed by atoms with Gasteiger partial charge < -0.3 is 15.4 Å². The van der Waals surface area contributed by atoms with E-state index >= 15 is 0 Å². The number of carbonyl (C=O) groups is 1. The first-order valence-electron chi connectivity index (χ1n) is 6.80. The smallest absolute Gasteiger partial charge is 0.315 e. The summed E-state index contributed by atoms with van der Waals surface area (Å²) in [5.41, 5.74) is 0. The number of amides is 2. The van der Waals surface area contributed by atoms with Gasteiger partial charge in [0.25, 0.3) is 0 Å². The molecule has 0 aromatic rings. The Labute approximate surface area is 104 Å². The second-order valence-corrected chi connectivity index (χ2v) is 5.18. The minimum Gasteiger partial charge on any atom is -0.380 e. The fraction of sp³-hybridized carbons (Fsp3) is 0.923. The topological polar surface area (TPSA) is 50.4 Å². The Morgan fingerprint density at radius 2 is 2.00 bits per heavy atom. The highest BCUT2D eigenvalue weighted by Crippen LogP contribution is 2.17. The highest BCUT2D eigenvalue weighted by molar-refractivity contribution is 5.74. The molecule has 4 heteroatoms. The predicted molar refractivity (Wildman–Crippen MR) is 69.1 cm³/mol. The maximum Gasteiger partial charge on any atom is 0.315 e. The first-order chi connectivity index (χ1) is 8.18. The fourth-order valence-electron chi connectivity index (χ4n) is 1.96. The van der Waals surface area contributed by atoms with E-state index in [2.05, 4.69) is 24.5 Å². The highest BCUT2D eigenvalue weighted by atomic mass is 16.5. The molecule has 0 spiro atoms. The van der Waals surface area contributed by atoms with Gasteiger partial charge in [-0.15, -0.1) is 0 Å². The molecule has 17 heavy (non-hydrogen) atoms. The molecule has 0 aromatic heterocycles. The van der Waals surface area contributed by atoms with Crippen LogP contribution in [0, 0.1) is 5.92 Å². The van der Waals surface area contributed by atoms with Crippen LogP contribution in [0.3, 0.4) is 0 Å². The van der Waals surface area contributed by atoms with Crippen molar-refractivity contribution in [3.63, 3.8) is 0 Å². The molecule has 0 unspecified atom stereocenters. The summed E-state index contributed by atoms with van der Waals surface area (Å²) in [7, 11) is 0. The second kappa shape index (κ2) is 8.34. The molecule has 0 atom stereocenters. The molecule has 2 amide bonds. The minimum absolute atomic E-state index is 0.0515. The third-order valence-corrected chi connectivity index (χ3v) is 3.06. The van der Waals surface area contributed by atoms with Crippen LogP contribution in [0.25, 0.3) is 0 Å².